The first-order valence-corrected chi connectivity index (χ1v) is 7.72. The Morgan fingerprint density at radius 2 is 1.96 bits per heavy atom. The number of amidine groups is 1. The van der Waals surface area contributed by atoms with Crippen LogP contribution >= 0.6 is 0 Å². The number of carbonyl (C=O) groups excluding carboxylic acids is 1. The molecule has 0 bridgehead atoms. The molecule has 0 fully saturated rings. The fourth-order valence-corrected chi connectivity index (χ4v) is 2.20. The minimum atomic E-state index is -4.37. The van der Waals surface area contributed by atoms with Gasteiger partial charge in [-0.2, -0.15) is 18.3 Å². The molecule has 0 amide bonds. The maximum absolute atomic E-state index is 12.7. The molecule has 6 nitrogen and oxygen atoms in total. The molecule has 138 valence electrons. The number of rotatable bonds is 5. The van der Waals surface area contributed by atoms with Gasteiger partial charge in [0.05, 0.1) is 17.1 Å². The number of H-pyrrole nitrogens is 1. The molecule has 2 aromatic rings. The number of alkyl halides is 3. The van der Waals surface area contributed by atoms with Gasteiger partial charge in [-0.3, -0.25) is 14.9 Å². The van der Waals surface area contributed by atoms with Crippen molar-refractivity contribution in [3.05, 3.63) is 53.1 Å². The van der Waals surface area contributed by atoms with Gasteiger partial charge in [-0.25, -0.2) is 4.98 Å². The molecule has 0 aliphatic carbocycles. The number of hydrogen-bond donors (Lipinski definition) is 2. The van der Waals surface area contributed by atoms with Crippen LogP contribution in [0.1, 0.15) is 42.5 Å². The van der Waals surface area contributed by atoms with Gasteiger partial charge in [0, 0.05) is 19.0 Å². The van der Waals surface area contributed by atoms with Crippen molar-refractivity contribution in [3.8, 4) is 0 Å². The largest absolute Gasteiger partial charge is 0.416 e. The van der Waals surface area contributed by atoms with Crippen LogP contribution in [0.25, 0.3) is 5.70 Å². The summed E-state index contributed by atoms with van der Waals surface area (Å²) in [7, 11) is 1.59. The predicted molar refractivity (Wildman–Crippen MR) is 91.6 cm³/mol. The Bertz CT molecular complexity index is 822. The number of halogens is 3. The Labute approximate surface area is 148 Å². The summed E-state index contributed by atoms with van der Waals surface area (Å²) in [6.45, 7) is 3.51. The van der Waals surface area contributed by atoms with Crippen molar-refractivity contribution in [1.29, 1.82) is 0 Å². The second-order valence-electron chi connectivity index (χ2n) is 5.54. The van der Waals surface area contributed by atoms with Gasteiger partial charge in [-0.05, 0) is 24.6 Å². The number of nitrogens with zero attached hydrogens (tertiary/aromatic N) is 3. The topological polar surface area (TPSA) is 83.0 Å². The molecule has 0 saturated carbocycles. The van der Waals surface area contributed by atoms with Gasteiger partial charge in [0.2, 0.25) is 0 Å². The third-order valence-corrected chi connectivity index (χ3v) is 3.78. The highest BCUT2D eigenvalue weighted by atomic mass is 19.4. The van der Waals surface area contributed by atoms with Crippen LogP contribution < -0.4 is 5.32 Å². The molecule has 1 unspecified atom stereocenters. The van der Waals surface area contributed by atoms with Crippen LogP contribution in [0.4, 0.5) is 13.2 Å². The molecule has 26 heavy (non-hydrogen) atoms. The smallest absolute Gasteiger partial charge is 0.341 e. The molecule has 2 rings (SSSR count). The van der Waals surface area contributed by atoms with Crippen LogP contribution in [0.15, 0.2) is 35.3 Å². The fourth-order valence-electron chi connectivity index (χ4n) is 2.20. The Morgan fingerprint density at radius 3 is 2.50 bits per heavy atom. The van der Waals surface area contributed by atoms with Gasteiger partial charge in [0.1, 0.15) is 12.1 Å². The summed E-state index contributed by atoms with van der Waals surface area (Å²) >= 11 is 0. The lowest BCUT2D eigenvalue weighted by molar-refractivity contribution is -0.137. The first-order valence-electron chi connectivity index (χ1n) is 7.72. The molecule has 0 saturated heterocycles. The minimum Gasteiger partial charge on any atom is -0.341 e. The van der Waals surface area contributed by atoms with Crippen molar-refractivity contribution in [2.24, 2.45) is 4.99 Å². The van der Waals surface area contributed by atoms with Crippen molar-refractivity contribution in [3.63, 3.8) is 0 Å². The Balaban J connectivity index is 2.25. The lowest BCUT2D eigenvalue weighted by Crippen LogP contribution is -2.19. The molecule has 9 heteroatoms. The maximum atomic E-state index is 12.7. The van der Waals surface area contributed by atoms with Gasteiger partial charge in [-0.15, -0.1) is 0 Å². The van der Waals surface area contributed by atoms with E-state index in [2.05, 4.69) is 25.5 Å². The standard InChI is InChI=1S/C17H18F3N5O/c1-10(12-4-6-13(7-5-12)17(18,19)20)15-23-16(25-24-15)14(8-9-26)22-11(2)21-3/h4-10H,1-3H3,(H,21,22)(H,23,24,25)/b14-8-. The number of allylic oxidation sites excluding steroid dienone is 1. The van der Waals surface area contributed by atoms with Crippen molar-refractivity contribution in [2.75, 3.05) is 7.05 Å². The number of aliphatic imine (C=N–C) groups is 1. The van der Waals surface area contributed by atoms with E-state index in [1.807, 2.05) is 0 Å². The molecule has 1 aromatic carbocycles. The van der Waals surface area contributed by atoms with Crippen molar-refractivity contribution in [2.45, 2.75) is 25.9 Å². The highest BCUT2D eigenvalue weighted by Gasteiger charge is 2.30. The molecule has 0 spiro atoms. The van der Waals surface area contributed by atoms with Gasteiger partial charge in [0.15, 0.2) is 5.82 Å². The molecule has 0 radical (unpaired) electrons. The van der Waals surface area contributed by atoms with Crippen LogP contribution in [0, 0.1) is 0 Å². The molecule has 1 atom stereocenters. The third-order valence-electron chi connectivity index (χ3n) is 3.78. The van der Waals surface area contributed by atoms with Crippen molar-refractivity contribution >= 4 is 17.8 Å². The summed E-state index contributed by atoms with van der Waals surface area (Å²) in [4.78, 5) is 19.1. The number of carbonyl (C=O) groups is 1. The number of aromatic nitrogens is 3. The van der Waals surface area contributed by atoms with Gasteiger partial charge in [-0.1, -0.05) is 19.1 Å². The number of hydrogen-bond acceptors (Lipinski definition) is 4. The summed E-state index contributed by atoms with van der Waals surface area (Å²) in [6.07, 6.45) is -2.51. The normalized spacial score (nSPS) is 14.2. The van der Waals surface area contributed by atoms with E-state index < -0.39 is 11.7 Å². The summed E-state index contributed by atoms with van der Waals surface area (Å²) in [5.74, 6) is 0.982. The van der Waals surface area contributed by atoms with Gasteiger partial charge < -0.3 is 5.32 Å². The third kappa shape index (κ3) is 4.56. The summed E-state index contributed by atoms with van der Waals surface area (Å²) in [6, 6.07) is 4.88. The first-order chi connectivity index (χ1) is 12.3. The quantitative estimate of drug-likeness (QED) is 0.369. The van der Waals surface area contributed by atoms with Crippen LogP contribution in [0.2, 0.25) is 0 Å². The molecule has 0 aliphatic heterocycles. The highest BCUT2D eigenvalue weighted by molar-refractivity contribution is 5.91. The van der Waals surface area contributed by atoms with Crippen molar-refractivity contribution in [1.82, 2.24) is 20.5 Å². The zero-order valence-electron chi connectivity index (χ0n) is 14.4. The SMILES string of the molecule is CN=C(C)N/C(=C\C=O)c1n[nH]c(C(C)c2ccc(C(F)(F)F)cc2)n1. The van der Waals surface area contributed by atoms with Crippen LogP contribution in [-0.4, -0.2) is 34.4 Å². The number of aldehydes is 1. The van der Waals surface area contributed by atoms with E-state index in [9.17, 15) is 18.0 Å². The zero-order valence-corrected chi connectivity index (χ0v) is 14.4. The lowest BCUT2D eigenvalue weighted by atomic mass is 9.99. The number of aromatic amines is 1. The van der Waals surface area contributed by atoms with Gasteiger partial charge in [0.25, 0.3) is 0 Å². The Morgan fingerprint density at radius 1 is 1.31 bits per heavy atom. The van der Waals surface area contributed by atoms with E-state index in [1.165, 1.54) is 18.2 Å². The van der Waals surface area contributed by atoms with E-state index in [1.54, 1.807) is 20.9 Å². The zero-order chi connectivity index (χ0) is 19.3. The lowest BCUT2D eigenvalue weighted by Gasteiger charge is -2.11. The molecule has 2 N–H and O–H groups in total. The second kappa shape index (κ2) is 7.94. The average molecular weight is 365 g/mol. The monoisotopic (exact) mass is 365 g/mol. The Hall–Kier alpha value is -2.97. The van der Waals surface area contributed by atoms with Crippen LogP contribution in [0.3, 0.4) is 0 Å². The van der Waals surface area contributed by atoms with Gasteiger partial charge >= 0.3 is 6.18 Å². The number of nitrogens with one attached hydrogen (secondary N) is 2. The van der Waals surface area contributed by atoms with Crippen molar-refractivity contribution < 1.29 is 18.0 Å². The summed E-state index contributed by atoms with van der Waals surface area (Å²) in [5, 5.41) is 9.73. The maximum Gasteiger partial charge on any atom is 0.416 e. The molecular formula is C17H18F3N5O. The van der Waals surface area contributed by atoms with Crippen LogP contribution in [-0.2, 0) is 11.0 Å². The fraction of sp³-hybridized carbons (Fsp3) is 0.294. The molecule has 1 heterocycles. The predicted octanol–water partition coefficient (Wildman–Crippen LogP) is 3.15. The molecule has 0 aliphatic rings. The Kier molecular flexibility index (Phi) is 5.91. The highest BCUT2D eigenvalue weighted by Crippen LogP contribution is 2.31. The minimum absolute atomic E-state index is 0.258. The average Bonchev–Trinajstić information content (AvgIpc) is 3.10. The number of benzene rings is 1. The van der Waals surface area contributed by atoms with E-state index in [0.29, 0.717) is 29.2 Å². The second-order valence-corrected chi connectivity index (χ2v) is 5.54. The molecule has 1 aromatic heterocycles. The summed E-state index contributed by atoms with van der Waals surface area (Å²) in [5.41, 5.74) is 0.313. The van der Waals surface area contributed by atoms with E-state index in [4.69, 9.17) is 0 Å². The van der Waals surface area contributed by atoms with Crippen LogP contribution in [0.5, 0.6) is 0 Å². The van der Waals surface area contributed by atoms with E-state index >= 15 is 0 Å². The summed E-state index contributed by atoms with van der Waals surface area (Å²) < 4.78 is 38.0. The van der Waals surface area contributed by atoms with E-state index in [0.717, 1.165) is 12.1 Å². The first kappa shape index (κ1) is 19.4. The molecular weight excluding hydrogens is 347 g/mol. The van der Waals surface area contributed by atoms with E-state index in [-0.39, 0.29) is 11.7 Å².